The number of carbonyl (C=O) groups excluding carboxylic acids is 1. The minimum Gasteiger partial charge on any atom is -0.335 e. The lowest BCUT2D eigenvalue weighted by Crippen LogP contribution is -2.43. The van der Waals surface area contributed by atoms with E-state index in [9.17, 15) is 13.2 Å². The van der Waals surface area contributed by atoms with Crippen LogP contribution in [0, 0.1) is 0 Å². The average Bonchev–Trinajstić information content (AvgIpc) is 3.31. The molecule has 1 saturated heterocycles. The van der Waals surface area contributed by atoms with Crippen molar-refractivity contribution in [1.29, 1.82) is 0 Å². The Balaban J connectivity index is 1.44. The summed E-state index contributed by atoms with van der Waals surface area (Å²) in [6.07, 6.45) is 5.87. The van der Waals surface area contributed by atoms with Gasteiger partial charge in [-0.2, -0.15) is 0 Å². The van der Waals surface area contributed by atoms with Crippen LogP contribution in [-0.2, 0) is 21.7 Å². The summed E-state index contributed by atoms with van der Waals surface area (Å²) in [6.45, 7) is 0. The molecule has 10 heteroatoms. The normalized spacial score (nSPS) is 21.3. The molecule has 1 amide bonds. The second-order valence-corrected chi connectivity index (χ2v) is 10.2. The van der Waals surface area contributed by atoms with Crippen molar-refractivity contribution in [3.05, 3.63) is 24.5 Å². The van der Waals surface area contributed by atoms with Gasteiger partial charge in [-0.1, -0.05) is 11.8 Å². The van der Waals surface area contributed by atoms with E-state index in [1.165, 1.54) is 11.8 Å². The van der Waals surface area contributed by atoms with Crippen molar-refractivity contribution in [2.45, 2.75) is 36.5 Å². The number of carbonyl (C=O) groups is 1. The first-order valence-corrected chi connectivity index (χ1v) is 11.7. The van der Waals surface area contributed by atoms with Crippen LogP contribution in [0.3, 0.4) is 0 Å². The predicted molar refractivity (Wildman–Crippen MR) is 102 cm³/mol. The van der Waals surface area contributed by atoms with Crippen molar-refractivity contribution in [3.63, 3.8) is 0 Å². The molecule has 0 bridgehead atoms. The predicted octanol–water partition coefficient (Wildman–Crippen LogP) is 1.15. The Hall–Kier alpha value is -1.94. The highest BCUT2D eigenvalue weighted by atomic mass is 32.2. The number of rotatable bonds is 6. The molecule has 0 radical (unpaired) electrons. The Morgan fingerprint density at radius 2 is 1.96 bits per heavy atom. The molecule has 144 valence electrons. The monoisotopic (exact) mass is 407 g/mol. The summed E-state index contributed by atoms with van der Waals surface area (Å²) in [6, 6.07) is 3.74. The van der Waals surface area contributed by atoms with Gasteiger partial charge in [0, 0.05) is 37.1 Å². The van der Waals surface area contributed by atoms with Gasteiger partial charge in [0.05, 0.1) is 17.3 Å². The molecule has 2 fully saturated rings. The zero-order chi connectivity index (χ0) is 19.0. The van der Waals surface area contributed by atoms with Gasteiger partial charge in [0.15, 0.2) is 20.8 Å². The van der Waals surface area contributed by atoms with Crippen molar-refractivity contribution in [2.24, 2.45) is 7.05 Å². The fourth-order valence-corrected chi connectivity index (χ4v) is 5.94. The summed E-state index contributed by atoms with van der Waals surface area (Å²) in [5.41, 5.74) is 0.911. The molecule has 0 N–H and O–H groups in total. The summed E-state index contributed by atoms with van der Waals surface area (Å²) >= 11 is 1.34. The van der Waals surface area contributed by atoms with E-state index in [0.29, 0.717) is 17.4 Å². The molecule has 3 heterocycles. The third-order valence-electron chi connectivity index (χ3n) is 4.93. The summed E-state index contributed by atoms with van der Waals surface area (Å²) in [7, 11) is -1.15. The second-order valence-electron chi connectivity index (χ2n) is 6.98. The Labute approximate surface area is 162 Å². The number of pyridine rings is 1. The SMILES string of the molecule is Cn1c(SCC(=O)N(C2CC2)[C@H]2CCS(=O)(=O)C2)nnc1-c1ccncc1. The van der Waals surface area contributed by atoms with Crippen molar-refractivity contribution in [3.8, 4) is 11.4 Å². The molecule has 4 rings (SSSR count). The number of nitrogens with zero attached hydrogens (tertiary/aromatic N) is 5. The zero-order valence-corrected chi connectivity index (χ0v) is 16.6. The van der Waals surface area contributed by atoms with E-state index in [1.54, 1.807) is 12.4 Å². The van der Waals surface area contributed by atoms with E-state index >= 15 is 0 Å². The van der Waals surface area contributed by atoms with Gasteiger partial charge in [-0.3, -0.25) is 9.78 Å². The lowest BCUT2D eigenvalue weighted by atomic mass is 10.2. The quantitative estimate of drug-likeness (QED) is 0.663. The highest BCUT2D eigenvalue weighted by Crippen LogP contribution is 2.33. The molecule has 8 nitrogen and oxygen atoms in total. The number of hydrogen-bond donors (Lipinski definition) is 0. The van der Waals surface area contributed by atoms with Crippen LogP contribution in [0.4, 0.5) is 0 Å². The topological polar surface area (TPSA) is 98.1 Å². The second kappa shape index (κ2) is 7.23. The number of hydrogen-bond acceptors (Lipinski definition) is 7. The molecule has 1 aliphatic carbocycles. The van der Waals surface area contributed by atoms with Crippen LogP contribution < -0.4 is 0 Å². The van der Waals surface area contributed by atoms with Crippen molar-refractivity contribution < 1.29 is 13.2 Å². The molecule has 0 unspecified atom stereocenters. The first-order chi connectivity index (χ1) is 12.9. The van der Waals surface area contributed by atoms with Gasteiger partial charge in [-0.25, -0.2) is 8.42 Å². The van der Waals surface area contributed by atoms with E-state index in [1.807, 2.05) is 28.6 Å². The Morgan fingerprint density at radius 1 is 1.22 bits per heavy atom. The number of sulfone groups is 1. The molecule has 2 aromatic rings. The van der Waals surface area contributed by atoms with Crippen LogP contribution in [0.25, 0.3) is 11.4 Å². The molecule has 27 heavy (non-hydrogen) atoms. The largest absolute Gasteiger partial charge is 0.335 e. The first kappa shape index (κ1) is 18.4. The van der Waals surface area contributed by atoms with Gasteiger partial charge in [0.25, 0.3) is 0 Å². The van der Waals surface area contributed by atoms with Gasteiger partial charge < -0.3 is 9.47 Å². The van der Waals surface area contributed by atoms with Gasteiger partial charge in [0.1, 0.15) is 0 Å². The van der Waals surface area contributed by atoms with E-state index in [2.05, 4.69) is 15.2 Å². The molecular formula is C17H21N5O3S2. The fraction of sp³-hybridized carbons (Fsp3) is 0.529. The van der Waals surface area contributed by atoms with E-state index in [-0.39, 0.29) is 35.2 Å². The third kappa shape index (κ3) is 4.01. The smallest absolute Gasteiger partial charge is 0.233 e. The highest BCUT2D eigenvalue weighted by molar-refractivity contribution is 7.99. The minimum atomic E-state index is -3.01. The van der Waals surface area contributed by atoms with Gasteiger partial charge in [-0.15, -0.1) is 10.2 Å². The van der Waals surface area contributed by atoms with E-state index in [0.717, 1.165) is 18.4 Å². The maximum Gasteiger partial charge on any atom is 0.233 e. The van der Waals surface area contributed by atoms with E-state index < -0.39 is 9.84 Å². The summed E-state index contributed by atoms with van der Waals surface area (Å²) in [4.78, 5) is 18.6. The molecule has 0 spiro atoms. The number of thioether (sulfide) groups is 1. The summed E-state index contributed by atoms with van der Waals surface area (Å²) in [5, 5.41) is 9.06. The number of amides is 1. The highest BCUT2D eigenvalue weighted by Gasteiger charge is 2.41. The minimum absolute atomic E-state index is 0.0157. The van der Waals surface area contributed by atoms with Gasteiger partial charge in [-0.05, 0) is 31.4 Å². The van der Waals surface area contributed by atoms with Crippen LogP contribution in [0.2, 0.25) is 0 Å². The maximum absolute atomic E-state index is 12.8. The van der Waals surface area contributed by atoms with Crippen molar-refractivity contribution in [1.82, 2.24) is 24.6 Å². The van der Waals surface area contributed by atoms with Crippen LogP contribution in [0.1, 0.15) is 19.3 Å². The molecule has 1 atom stereocenters. The van der Waals surface area contributed by atoms with Crippen LogP contribution >= 0.6 is 11.8 Å². The van der Waals surface area contributed by atoms with Crippen molar-refractivity contribution >= 4 is 27.5 Å². The first-order valence-electron chi connectivity index (χ1n) is 8.89. The Morgan fingerprint density at radius 3 is 2.59 bits per heavy atom. The lowest BCUT2D eigenvalue weighted by molar-refractivity contribution is -0.130. The van der Waals surface area contributed by atoms with Crippen molar-refractivity contribution in [2.75, 3.05) is 17.3 Å². The molecule has 2 aromatic heterocycles. The standard InChI is InChI=1S/C17H21N5O3S2/c1-21-16(12-4-7-18-8-5-12)19-20-17(21)26-10-15(23)22(13-2-3-13)14-6-9-27(24,25)11-14/h4-5,7-8,13-14H,2-3,6,9-11H2,1H3/t14-/m0/s1. The third-order valence-corrected chi connectivity index (χ3v) is 7.68. The fourth-order valence-electron chi connectivity index (χ4n) is 3.45. The summed E-state index contributed by atoms with van der Waals surface area (Å²) in [5.74, 6) is 1.21. The van der Waals surface area contributed by atoms with Crippen LogP contribution in [-0.4, -0.2) is 68.3 Å². The van der Waals surface area contributed by atoms with Gasteiger partial charge >= 0.3 is 0 Å². The Bertz CT molecular complexity index is 941. The molecule has 2 aliphatic rings. The maximum atomic E-state index is 12.8. The molecule has 1 saturated carbocycles. The molecular weight excluding hydrogens is 386 g/mol. The van der Waals surface area contributed by atoms with Crippen LogP contribution in [0.5, 0.6) is 0 Å². The summed E-state index contributed by atoms with van der Waals surface area (Å²) < 4.78 is 25.5. The average molecular weight is 408 g/mol. The molecule has 0 aromatic carbocycles. The lowest BCUT2D eigenvalue weighted by Gasteiger charge is -2.28. The Kier molecular flexibility index (Phi) is 4.94. The molecule has 1 aliphatic heterocycles. The van der Waals surface area contributed by atoms with Crippen LogP contribution in [0.15, 0.2) is 29.7 Å². The zero-order valence-electron chi connectivity index (χ0n) is 15.0. The number of aromatic nitrogens is 4. The van der Waals surface area contributed by atoms with E-state index in [4.69, 9.17) is 0 Å². The van der Waals surface area contributed by atoms with Gasteiger partial charge in [0.2, 0.25) is 5.91 Å².